The van der Waals surface area contributed by atoms with E-state index in [1.54, 1.807) is 0 Å². The number of aromatic nitrogens is 4. The van der Waals surface area contributed by atoms with Crippen LogP contribution < -0.4 is 4.90 Å². The maximum Gasteiger partial charge on any atom is 0.225 e. The van der Waals surface area contributed by atoms with Crippen LogP contribution in [0.3, 0.4) is 0 Å². The fourth-order valence-corrected chi connectivity index (χ4v) is 4.50. The standard InChI is InChI=1S/C22H26N6/c1-16-8-9-18(20-19(16)25-21(26-20)17-6-3-2-4-7-17)27-12-14-28(15-13-27)22-23-10-5-11-24-22/h2-7,10-11,16,18H,8-9,12-15H2,1H3,(H,25,26). The molecule has 5 rings (SSSR count). The molecule has 2 atom stereocenters. The Hall–Kier alpha value is -2.73. The lowest BCUT2D eigenvalue weighted by molar-refractivity contribution is 0.161. The zero-order valence-electron chi connectivity index (χ0n) is 16.3. The highest BCUT2D eigenvalue weighted by atomic mass is 15.3. The number of hydrogen-bond donors (Lipinski definition) is 1. The summed E-state index contributed by atoms with van der Waals surface area (Å²) in [6.45, 7) is 6.27. The Labute approximate surface area is 165 Å². The molecule has 2 aliphatic rings. The smallest absolute Gasteiger partial charge is 0.225 e. The van der Waals surface area contributed by atoms with E-state index < -0.39 is 0 Å². The predicted molar refractivity (Wildman–Crippen MR) is 110 cm³/mol. The molecule has 1 N–H and O–H groups in total. The highest BCUT2D eigenvalue weighted by Crippen LogP contribution is 2.40. The van der Waals surface area contributed by atoms with Gasteiger partial charge in [-0.1, -0.05) is 37.3 Å². The number of fused-ring (bicyclic) bond motifs is 1. The van der Waals surface area contributed by atoms with Crippen molar-refractivity contribution in [2.45, 2.75) is 31.7 Å². The Bertz CT molecular complexity index is 915. The van der Waals surface area contributed by atoms with Gasteiger partial charge in [0, 0.05) is 49.8 Å². The molecule has 2 unspecified atom stereocenters. The topological polar surface area (TPSA) is 60.9 Å². The summed E-state index contributed by atoms with van der Waals surface area (Å²) in [5, 5.41) is 0. The largest absolute Gasteiger partial charge is 0.341 e. The van der Waals surface area contributed by atoms with Gasteiger partial charge in [0.15, 0.2) is 0 Å². The first-order valence-corrected chi connectivity index (χ1v) is 10.2. The van der Waals surface area contributed by atoms with Crippen LogP contribution in [-0.4, -0.2) is 51.0 Å². The van der Waals surface area contributed by atoms with Gasteiger partial charge in [-0.15, -0.1) is 0 Å². The third-order valence-electron chi connectivity index (χ3n) is 6.08. The molecule has 28 heavy (non-hydrogen) atoms. The second-order valence-corrected chi connectivity index (χ2v) is 7.82. The lowest BCUT2D eigenvalue weighted by Crippen LogP contribution is -2.48. The molecular formula is C22H26N6. The van der Waals surface area contributed by atoms with Gasteiger partial charge in [-0.3, -0.25) is 4.90 Å². The first kappa shape index (κ1) is 17.4. The first-order valence-electron chi connectivity index (χ1n) is 10.2. The molecule has 1 aliphatic carbocycles. The van der Waals surface area contributed by atoms with Gasteiger partial charge in [0.25, 0.3) is 0 Å². The van der Waals surface area contributed by atoms with Crippen LogP contribution in [0.4, 0.5) is 5.95 Å². The molecule has 3 heterocycles. The molecule has 0 radical (unpaired) electrons. The molecule has 1 saturated heterocycles. The molecular weight excluding hydrogens is 348 g/mol. The van der Waals surface area contributed by atoms with Gasteiger partial charge in [-0.25, -0.2) is 15.0 Å². The van der Waals surface area contributed by atoms with Gasteiger partial charge in [0.05, 0.1) is 11.7 Å². The van der Waals surface area contributed by atoms with E-state index in [4.69, 9.17) is 4.98 Å². The Kier molecular flexibility index (Phi) is 4.56. The van der Waals surface area contributed by atoms with Crippen molar-refractivity contribution < 1.29 is 0 Å². The normalized spacial score (nSPS) is 22.8. The van der Waals surface area contributed by atoms with Crippen LogP contribution in [0.25, 0.3) is 11.4 Å². The number of aromatic amines is 1. The molecule has 1 aliphatic heterocycles. The molecule has 1 aromatic carbocycles. The Morgan fingerprint density at radius 2 is 1.68 bits per heavy atom. The SMILES string of the molecule is CC1CCC(N2CCN(c3ncccn3)CC2)c2nc(-c3ccccc3)[nH]c21. The van der Waals surface area contributed by atoms with Crippen molar-refractivity contribution in [1.29, 1.82) is 0 Å². The van der Waals surface area contributed by atoms with Gasteiger partial charge in [0.2, 0.25) is 5.95 Å². The third kappa shape index (κ3) is 3.18. The van der Waals surface area contributed by atoms with E-state index >= 15 is 0 Å². The van der Waals surface area contributed by atoms with Crippen molar-refractivity contribution in [2.24, 2.45) is 0 Å². The monoisotopic (exact) mass is 374 g/mol. The Morgan fingerprint density at radius 1 is 0.929 bits per heavy atom. The minimum atomic E-state index is 0.402. The number of benzene rings is 1. The quantitative estimate of drug-likeness (QED) is 0.759. The molecule has 3 aromatic rings. The molecule has 6 heteroatoms. The number of nitrogens with zero attached hydrogens (tertiary/aromatic N) is 5. The Balaban J connectivity index is 1.36. The van der Waals surface area contributed by atoms with Crippen molar-refractivity contribution in [3.8, 4) is 11.4 Å². The average Bonchev–Trinajstić information content (AvgIpc) is 3.22. The summed E-state index contributed by atoms with van der Waals surface area (Å²) >= 11 is 0. The van der Waals surface area contributed by atoms with E-state index in [9.17, 15) is 0 Å². The predicted octanol–water partition coefficient (Wildman–Crippen LogP) is 3.63. The number of anilines is 1. The lowest BCUT2D eigenvalue weighted by Gasteiger charge is -2.40. The molecule has 0 bridgehead atoms. The molecule has 144 valence electrons. The zero-order chi connectivity index (χ0) is 18.9. The number of nitrogens with one attached hydrogen (secondary N) is 1. The zero-order valence-corrected chi connectivity index (χ0v) is 16.3. The van der Waals surface area contributed by atoms with Crippen LogP contribution in [0.1, 0.15) is 43.1 Å². The molecule has 0 spiro atoms. The molecule has 0 amide bonds. The van der Waals surface area contributed by atoms with E-state index in [0.29, 0.717) is 12.0 Å². The molecule has 1 fully saturated rings. The van der Waals surface area contributed by atoms with E-state index in [1.165, 1.54) is 24.2 Å². The summed E-state index contributed by atoms with van der Waals surface area (Å²) in [6, 6.07) is 12.7. The highest BCUT2D eigenvalue weighted by Gasteiger charge is 2.34. The van der Waals surface area contributed by atoms with Crippen LogP contribution >= 0.6 is 0 Å². The van der Waals surface area contributed by atoms with E-state index in [0.717, 1.165) is 43.5 Å². The van der Waals surface area contributed by atoms with Crippen LogP contribution in [0.5, 0.6) is 0 Å². The fraction of sp³-hybridized carbons (Fsp3) is 0.409. The van der Waals surface area contributed by atoms with Crippen molar-refractivity contribution in [3.63, 3.8) is 0 Å². The summed E-state index contributed by atoms with van der Waals surface area (Å²) in [6.07, 6.45) is 6.02. The highest BCUT2D eigenvalue weighted by molar-refractivity contribution is 5.56. The van der Waals surface area contributed by atoms with Crippen LogP contribution in [0.2, 0.25) is 0 Å². The molecule has 2 aromatic heterocycles. The van der Waals surface area contributed by atoms with E-state index in [2.05, 4.69) is 55.9 Å². The van der Waals surface area contributed by atoms with E-state index in [-0.39, 0.29) is 0 Å². The van der Waals surface area contributed by atoms with Crippen molar-refractivity contribution in [1.82, 2.24) is 24.8 Å². The number of rotatable bonds is 3. The van der Waals surface area contributed by atoms with Crippen molar-refractivity contribution in [3.05, 3.63) is 60.2 Å². The maximum atomic E-state index is 5.07. The minimum absolute atomic E-state index is 0.402. The fourth-order valence-electron chi connectivity index (χ4n) is 4.50. The van der Waals surface area contributed by atoms with Crippen LogP contribution in [-0.2, 0) is 0 Å². The van der Waals surface area contributed by atoms with Crippen molar-refractivity contribution in [2.75, 3.05) is 31.1 Å². The summed E-state index contributed by atoms with van der Waals surface area (Å²) in [5.74, 6) is 2.38. The van der Waals surface area contributed by atoms with Crippen molar-refractivity contribution >= 4 is 5.95 Å². The third-order valence-corrected chi connectivity index (χ3v) is 6.08. The van der Waals surface area contributed by atoms with Gasteiger partial charge >= 0.3 is 0 Å². The van der Waals surface area contributed by atoms with E-state index in [1.807, 2.05) is 24.5 Å². The Morgan fingerprint density at radius 3 is 2.43 bits per heavy atom. The number of hydrogen-bond acceptors (Lipinski definition) is 5. The molecule has 0 saturated carbocycles. The number of H-pyrrole nitrogens is 1. The van der Waals surface area contributed by atoms with Crippen LogP contribution in [0.15, 0.2) is 48.8 Å². The van der Waals surface area contributed by atoms with Gasteiger partial charge in [0.1, 0.15) is 5.82 Å². The van der Waals surface area contributed by atoms with Gasteiger partial charge in [-0.05, 0) is 24.8 Å². The second kappa shape index (κ2) is 7.36. The number of piperazine rings is 1. The maximum absolute atomic E-state index is 5.07. The summed E-state index contributed by atoms with van der Waals surface area (Å²) < 4.78 is 0. The van der Waals surface area contributed by atoms with Crippen LogP contribution in [0, 0.1) is 0 Å². The minimum Gasteiger partial charge on any atom is -0.341 e. The van der Waals surface area contributed by atoms with Gasteiger partial charge < -0.3 is 9.88 Å². The molecule has 6 nitrogen and oxygen atoms in total. The summed E-state index contributed by atoms with van der Waals surface area (Å²) in [5.41, 5.74) is 3.74. The summed E-state index contributed by atoms with van der Waals surface area (Å²) in [4.78, 5) is 22.4. The van der Waals surface area contributed by atoms with Gasteiger partial charge in [-0.2, -0.15) is 0 Å². The summed E-state index contributed by atoms with van der Waals surface area (Å²) in [7, 11) is 0. The number of imidazole rings is 1. The lowest BCUT2D eigenvalue weighted by atomic mass is 9.87. The first-order chi connectivity index (χ1) is 13.8. The average molecular weight is 374 g/mol. The second-order valence-electron chi connectivity index (χ2n) is 7.82.